The lowest BCUT2D eigenvalue weighted by molar-refractivity contribution is -0.152. The summed E-state index contributed by atoms with van der Waals surface area (Å²) in [4.78, 5) is 40.5. The lowest BCUT2D eigenvalue weighted by atomic mass is 10.0. The SMILES string of the molecule is CCOC(=O)CN(C(=O)Cn1nnc2ccccc21)[C@H](C(=O)NCCOC)c1ccc(OC)cc1. The molecule has 3 aromatic rings. The molecule has 0 aliphatic heterocycles. The number of amides is 2. The van der Waals surface area contributed by atoms with Gasteiger partial charge in [0.15, 0.2) is 0 Å². The largest absolute Gasteiger partial charge is 0.497 e. The van der Waals surface area contributed by atoms with Crippen LogP contribution in [0.4, 0.5) is 0 Å². The summed E-state index contributed by atoms with van der Waals surface area (Å²) in [6, 6.07) is 12.8. The number of nitrogens with one attached hydrogen (secondary N) is 1. The molecule has 0 aliphatic carbocycles. The van der Waals surface area contributed by atoms with Gasteiger partial charge in [-0.15, -0.1) is 5.10 Å². The maximum absolute atomic E-state index is 13.6. The minimum atomic E-state index is -1.11. The lowest BCUT2D eigenvalue weighted by Gasteiger charge is -2.30. The van der Waals surface area contributed by atoms with Gasteiger partial charge in [0.05, 0.1) is 25.8 Å². The van der Waals surface area contributed by atoms with Crippen LogP contribution >= 0.6 is 0 Å². The Balaban J connectivity index is 1.97. The highest BCUT2D eigenvalue weighted by molar-refractivity contribution is 5.91. The maximum Gasteiger partial charge on any atom is 0.325 e. The molecular formula is C24H29N5O6. The Hall–Kier alpha value is -3.99. The zero-order valence-electron chi connectivity index (χ0n) is 20.0. The van der Waals surface area contributed by atoms with E-state index in [0.717, 1.165) is 0 Å². The fourth-order valence-corrected chi connectivity index (χ4v) is 3.55. The first-order valence-corrected chi connectivity index (χ1v) is 11.1. The van der Waals surface area contributed by atoms with Gasteiger partial charge in [0, 0.05) is 13.7 Å². The second-order valence-electron chi connectivity index (χ2n) is 7.52. The van der Waals surface area contributed by atoms with Gasteiger partial charge in [-0.25, -0.2) is 4.68 Å². The van der Waals surface area contributed by atoms with E-state index in [1.807, 2.05) is 12.1 Å². The van der Waals surface area contributed by atoms with Gasteiger partial charge in [0.25, 0.3) is 0 Å². The zero-order chi connectivity index (χ0) is 25.2. The number of methoxy groups -OCH3 is 2. The molecule has 3 rings (SSSR count). The molecule has 1 aromatic heterocycles. The standard InChI is InChI=1S/C24H29N5O6/c1-4-35-22(31)16-28(21(30)15-29-20-8-6-5-7-19(20)26-27-29)23(24(32)25-13-14-33-2)17-9-11-18(34-3)12-10-17/h5-12,23H,4,13-16H2,1-3H3,(H,25,32)/t23-/m0/s1. The number of carbonyl (C=O) groups excluding carboxylic acids is 3. The summed E-state index contributed by atoms with van der Waals surface area (Å²) >= 11 is 0. The van der Waals surface area contributed by atoms with Crippen LogP contribution < -0.4 is 10.1 Å². The van der Waals surface area contributed by atoms with E-state index in [1.165, 1.54) is 23.8 Å². The number of nitrogens with zero attached hydrogens (tertiary/aromatic N) is 4. The molecule has 1 N–H and O–H groups in total. The summed E-state index contributed by atoms with van der Waals surface area (Å²) in [5.41, 5.74) is 1.78. The molecule has 1 heterocycles. The highest BCUT2D eigenvalue weighted by Gasteiger charge is 2.33. The second kappa shape index (κ2) is 12.5. The number of hydrogen-bond donors (Lipinski definition) is 1. The van der Waals surface area contributed by atoms with E-state index in [9.17, 15) is 14.4 Å². The van der Waals surface area contributed by atoms with Crippen molar-refractivity contribution in [2.75, 3.05) is 40.5 Å². The van der Waals surface area contributed by atoms with Crippen LogP contribution in [0.5, 0.6) is 5.75 Å². The summed E-state index contributed by atoms with van der Waals surface area (Å²) in [5.74, 6) is -1.01. The molecule has 2 amide bonds. The first kappa shape index (κ1) is 25.6. The number of rotatable bonds is 12. The molecule has 2 aromatic carbocycles. The topological polar surface area (TPSA) is 125 Å². The van der Waals surface area contributed by atoms with Crippen LogP contribution in [0.1, 0.15) is 18.5 Å². The van der Waals surface area contributed by atoms with Crippen molar-refractivity contribution in [1.82, 2.24) is 25.2 Å². The van der Waals surface area contributed by atoms with E-state index in [1.54, 1.807) is 43.3 Å². The normalized spacial score (nSPS) is 11.6. The van der Waals surface area contributed by atoms with Crippen molar-refractivity contribution < 1.29 is 28.6 Å². The van der Waals surface area contributed by atoms with Crippen LogP contribution in [-0.4, -0.2) is 78.2 Å². The molecular weight excluding hydrogens is 454 g/mol. The molecule has 0 aliphatic rings. The summed E-state index contributed by atoms with van der Waals surface area (Å²) in [6.07, 6.45) is 0. The minimum absolute atomic E-state index is 0.141. The van der Waals surface area contributed by atoms with Gasteiger partial charge in [-0.2, -0.15) is 0 Å². The Morgan fingerprint density at radius 3 is 2.51 bits per heavy atom. The molecule has 1 atom stereocenters. The Morgan fingerprint density at radius 1 is 1.09 bits per heavy atom. The van der Waals surface area contributed by atoms with E-state index in [4.69, 9.17) is 14.2 Å². The van der Waals surface area contributed by atoms with Crippen LogP contribution in [-0.2, 0) is 30.4 Å². The average molecular weight is 484 g/mol. The van der Waals surface area contributed by atoms with Crippen molar-refractivity contribution in [3.63, 3.8) is 0 Å². The molecule has 11 heteroatoms. The average Bonchev–Trinajstić information content (AvgIpc) is 3.27. The maximum atomic E-state index is 13.6. The summed E-state index contributed by atoms with van der Waals surface area (Å²) in [6.45, 7) is 1.69. The van der Waals surface area contributed by atoms with Crippen molar-refractivity contribution in [2.24, 2.45) is 0 Å². The predicted molar refractivity (Wildman–Crippen MR) is 126 cm³/mol. The number of aromatic nitrogens is 3. The van der Waals surface area contributed by atoms with Crippen molar-refractivity contribution in [3.8, 4) is 5.75 Å². The van der Waals surface area contributed by atoms with Crippen LogP contribution in [0.15, 0.2) is 48.5 Å². The van der Waals surface area contributed by atoms with Gasteiger partial charge in [0.2, 0.25) is 11.8 Å². The number of para-hydroxylation sites is 1. The number of fused-ring (bicyclic) bond motifs is 1. The Labute approximate surface area is 202 Å². The van der Waals surface area contributed by atoms with Crippen LogP contribution in [0.2, 0.25) is 0 Å². The van der Waals surface area contributed by atoms with Gasteiger partial charge in [-0.3, -0.25) is 14.4 Å². The second-order valence-corrected chi connectivity index (χ2v) is 7.52. The third-order valence-corrected chi connectivity index (χ3v) is 5.23. The molecule has 0 spiro atoms. The Kier molecular flexibility index (Phi) is 9.13. The van der Waals surface area contributed by atoms with Crippen molar-refractivity contribution >= 4 is 28.8 Å². The molecule has 0 unspecified atom stereocenters. The quantitative estimate of drug-likeness (QED) is 0.302. The summed E-state index contributed by atoms with van der Waals surface area (Å²) in [7, 11) is 3.05. The van der Waals surface area contributed by atoms with Crippen LogP contribution in [0.25, 0.3) is 11.0 Å². The van der Waals surface area contributed by atoms with Crippen LogP contribution in [0.3, 0.4) is 0 Å². The number of benzene rings is 2. The van der Waals surface area contributed by atoms with Crippen molar-refractivity contribution in [2.45, 2.75) is 19.5 Å². The van der Waals surface area contributed by atoms with E-state index < -0.39 is 30.4 Å². The molecule has 0 bridgehead atoms. The zero-order valence-corrected chi connectivity index (χ0v) is 20.0. The van der Waals surface area contributed by atoms with E-state index in [0.29, 0.717) is 22.3 Å². The number of ether oxygens (including phenoxy) is 3. The Morgan fingerprint density at radius 2 is 1.83 bits per heavy atom. The molecule has 186 valence electrons. The van der Waals surface area contributed by atoms with E-state index in [2.05, 4.69) is 15.6 Å². The summed E-state index contributed by atoms with van der Waals surface area (Å²) in [5, 5.41) is 10.9. The number of carbonyl (C=O) groups is 3. The van der Waals surface area contributed by atoms with Crippen LogP contribution in [0, 0.1) is 0 Å². The lowest BCUT2D eigenvalue weighted by Crippen LogP contribution is -2.47. The third kappa shape index (κ3) is 6.54. The summed E-state index contributed by atoms with van der Waals surface area (Å²) < 4.78 is 16.8. The van der Waals surface area contributed by atoms with Gasteiger partial charge < -0.3 is 24.4 Å². The molecule has 0 fully saturated rings. The number of esters is 1. The fraction of sp³-hybridized carbons (Fsp3) is 0.375. The van der Waals surface area contributed by atoms with Gasteiger partial charge in [-0.1, -0.05) is 29.5 Å². The highest BCUT2D eigenvalue weighted by atomic mass is 16.5. The molecule has 0 saturated carbocycles. The van der Waals surface area contributed by atoms with E-state index >= 15 is 0 Å². The molecule has 0 saturated heterocycles. The third-order valence-electron chi connectivity index (χ3n) is 5.23. The molecule has 35 heavy (non-hydrogen) atoms. The van der Waals surface area contributed by atoms with Gasteiger partial charge >= 0.3 is 5.97 Å². The minimum Gasteiger partial charge on any atom is -0.497 e. The van der Waals surface area contributed by atoms with Crippen molar-refractivity contribution in [3.05, 3.63) is 54.1 Å². The monoisotopic (exact) mass is 483 g/mol. The van der Waals surface area contributed by atoms with Gasteiger partial charge in [-0.05, 0) is 36.8 Å². The first-order valence-electron chi connectivity index (χ1n) is 11.1. The first-order chi connectivity index (χ1) is 17.0. The molecule has 11 nitrogen and oxygen atoms in total. The predicted octanol–water partition coefficient (Wildman–Crippen LogP) is 1.34. The molecule has 0 radical (unpaired) electrons. The van der Waals surface area contributed by atoms with E-state index in [-0.39, 0.29) is 26.3 Å². The fourth-order valence-electron chi connectivity index (χ4n) is 3.55. The number of hydrogen-bond acceptors (Lipinski definition) is 8. The highest BCUT2D eigenvalue weighted by Crippen LogP contribution is 2.25. The smallest absolute Gasteiger partial charge is 0.325 e. The Bertz CT molecular complexity index is 1150. The van der Waals surface area contributed by atoms with Crippen molar-refractivity contribution in [1.29, 1.82) is 0 Å². The van der Waals surface area contributed by atoms with Gasteiger partial charge in [0.1, 0.15) is 30.4 Å².